The zero-order valence-corrected chi connectivity index (χ0v) is 12.5. The van der Waals surface area contributed by atoms with Crippen molar-refractivity contribution < 1.29 is 4.39 Å². The van der Waals surface area contributed by atoms with E-state index in [2.05, 4.69) is 16.9 Å². The van der Waals surface area contributed by atoms with Gasteiger partial charge in [-0.25, -0.2) is 14.4 Å². The Morgan fingerprint density at radius 1 is 1.25 bits per heavy atom. The Morgan fingerprint density at radius 3 is 2.80 bits per heavy atom. The molecule has 1 aromatic carbocycles. The van der Waals surface area contributed by atoms with E-state index in [4.69, 9.17) is 23.2 Å². The number of aromatic nitrogens is 2. The predicted molar refractivity (Wildman–Crippen MR) is 77.8 cm³/mol. The van der Waals surface area contributed by atoms with Crippen molar-refractivity contribution in [1.29, 1.82) is 0 Å². The molecule has 0 bridgehead atoms. The Bertz CT molecular complexity index is 675. The molecule has 0 saturated heterocycles. The van der Waals surface area contributed by atoms with E-state index in [-0.39, 0.29) is 16.5 Å². The molecule has 5 heteroatoms. The summed E-state index contributed by atoms with van der Waals surface area (Å²) in [5.74, 6) is -0.215. The van der Waals surface area contributed by atoms with Crippen molar-refractivity contribution in [2.75, 3.05) is 0 Å². The highest BCUT2D eigenvalue weighted by molar-refractivity contribution is 6.32. The third-order valence-corrected chi connectivity index (χ3v) is 4.50. The molecule has 2 aromatic rings. The highest BCUT2D eigenvalue weighted by atomic mass is 35.5. The van der Waals surface area contributed by atoms with Crippen molar-refractivity contribution in [3.8, 4) is 0 Å². The van der Waals surface area contributed by atoms with Gasteiger partial charge in [-0.15, -0.1) is 0 Å². The van der Waals surface area contributed by atoms with E-state index in [1.807, 2.05) is 6.07 Å². The molecule has 1 aliphatic carbocycles. The minimum Gasteiger partial charge on any atom is -0.223 e. The minimum absolute atomic E-state index is 0.157. The monoisotopic (exact) mass is 310 g/mol. The van der Waals surface area contributed by atoms with Gasteiger partial charge in [-0.05, 0) is 54.0 Å². The summed E-state index contributed by atoms with van der Waals surface area (Å²) in [6.07, 6.45) is 2.35. The average molecular weight is 311 g/mol. The van der Waals surface area contributed by atoms with Crippen LogP contribution in [0.25, 0.3) is 0 Å². The molecular weight excluding hydrogens is 298 g/mol. The van der Waals surface area contributed by atoms with Crippen LogP contribution in [0.15, 0.2) is 24.3 Å². The SMILES string of the molecule is C[C@@]1(c2cccc(F)c2)CCc2nc(Cl)nc(Cl)c2C1. The van der Waals surface area contributed by atoms with Crippen LogP contribution in [0.3, 0.4) is 0 Å². The maximum atomic E-state index is 13.5. The van der Waals surface area contributed by atoms with E-state index in [0.717, 1.165) is 29.7 Å². The van der Waals surface area contributed by atoms with Crippen molar-refractivity contribution in [3.05, 3.63) is 57.3 Å². The standard InChI is InChI=1S/C15H13Cl2FN2/c1-15(9-3-2-4-10(18)7-9)6-5-12-11(8-15)13(16)20-14(17)19-12/h2-4,7H,5-6,8H2,1H3/t15-/m1/s1. The topological polar surface area (TPSA) is 25.8 Å². The fraction of sp³-hybridized carbons (Fsp3) is 0.333. The second-order valence-corrected chi connectivity index (χ2v) is 6.15. The van der Waals surface area contributed by atoms with Crippen molar-refractivity contribution >= 4 is 23.2 Å². The lowest BCUT2D eigenvalue weighted by atomic mass is 9.70. The molecule has 0 aliphatic heterocycles. The predicted octanol–water partition coefficient (Wildman–Crippen LogP) is 4.37. The maximum absolute atomic E-state index is 13.5. The lowest BCUT2D eigenvalue weighted by Gasteiger charge is -2.35. The van der Waals surface area contributed by atoms with Crippen LogP contribution in [0, 0.1) is 5.82 Å². The van der Waals surface area contributed by atoms with Crippen LogP contribution < -0.4 is 0 Å². The lowest BCUT2D eigenvalue weighted by Crippen LogP contribution is -2.31. The molecular formula is C15H13Cl2FN2. The van der Waals surface area contributed by atoms with Gasteiger partial charge in [-0.2, -0.15) is 0 Å². The Morgan fingerprint density at radius 2 is 2.05 bits per heavy atom. The minimum atomic E-state index is -0.215. The highest BCUT2D eigenvalue weighted by Crippen LogP contribution is 2.40. The molecule has 0 fully saturated rings. The first-order chi connectivity index (χ1) is 9.48. The Hall–Kier alpha value is -1.19. The first-order valence-electron chi connectivity index (χ1n) is 6.45. The van der Waals surface area contributed by atoms with E-state index in [1.165, 1.54) is 6.07 Å². The van der Waals surface area contributed by atoms with Gasteiger partial charge in [0.15, 0.2) is 0 Å². The maximum Gasteiger partial charge on any atom is 0.224 e. The van der Waals surface area contributed by atoms with Crippen LogP contribution in [0.4, 0.5) is 4.39 Å². The number of aryl methyl sites for hydroxylation is 1. The molecule has 0 unspecified atom stereocenters. The summed E-state index contributed by atoms with van der Waals surface area (Å²) in [7, 11) is 0. The number of hydrogen-bond donors (Lipinski definition) is 0. The molecule has 1 aliphatic rings. The molecule has 1 aromatic heterocycles. The van der Waals surface area contributed by atoms with Gasteiger partial charge in [0.2, 0.25) is 5.28 Å². The van der Waals surface area contributed by atoms with Crippen LogP contribution in [0.5, 0.6) is 0 Å². The van der Waals surface area contributed by atoms with E-state index >= 15 is 0 Å². The number of benzene rings is 1. The van der Waals surface area contributed by atoms with E-state index in [0.29, 0.717) is 11.6 Å². The first-order valence-corrected chi connectivity index (χ1v) is 7.20. The average Bonchev–Trinajstić information content (AvgIpc) is 2.40. The van der Waals surface area contributed by atoms with Crippen LogP contribution in [0.2, 0.25) is 10.4 Å². The molecule has 20 heavy (non-hydrogen) atoms. The van der Waals surface area contributed by atoms with Crippen LogP contribution >= 0.6 is 23.2 Å². The van der Waals surface area contributed by atoms with Crippen molar-refractivity contribution in [1.82, 2.24) is 9.97 Å². The molecule has 1 heterocycles. The fourth-order valence-corrected chi connectivity index (χ4v) is 3.32. The number of rotatable bonds is 1. The zero-order valence-electron chi connectivity index (χ0n) is 11.0. The number of fused-ring (bicyclic) bond motifs is 1. The number of hydrogen-bond acceptors (Lipinski definition) is 2. The molecule has 0 amide bonds. The molecule has 2 nitrogen and oxygen atoms in total. The summed E-state index contributed by atoms with van der Waals surface area (Å²) >= 11 is 12.0. The van der Waals surface area contributed by atoms with E-state index in [9.17, 15) is 4.39 Å². The quantitative estimate of drug-likeness (QED) is 0.577. The molecule has 104 valence electrons. The lowest BCUT2D eigenvalue weighted by molar-refractivity contribution is 0.401. The van der Waals surface area contributed by atoms with Crippen LogP contribution in [0.1, 0.15) is 30.2 Å². The number of nitrogens with zero attached hydrogens (tertiary/aromatic N) is 2. The largest absolute Gasteiger partial charge is 0.224 e. The highest BCUT2D eigenvalue weighted by Gasteiger charge is 2.34. The summed E-state index contributed by atoms with van der Waals surface area (Å²) in [6.45, 7) is 2.12. The molecule has 0 N–H and O–H groups in total. The van der Waals surface area contributed by atoms with E-state index in [1.54, 1.807) is 12.1 Å². The summed E-state index contributed by atoms with van der Waals surface area (Å²) < 4.78 is 13.5. The Balaban J connectivity index is 2.03. The van der Waals surface area contributed by atoms with Crippen LogP contribution in [-0.2, 0) is 18.3 Å². The van der Waals surface area contributed by atoms with Gasteiger partial charge in [0.1, 0.15) is 11.0 Å². The smallest absolute Gasteiger partial charge is 0.223 e. The molecule has 1 atom stereocenters. The summed E-state index contributed by atoms with van der Waals surface area (Å²) in [4.78, 5) is 8.26. The second-order valence-electron chi connectivity index (χ2n) is 5.46. The Labute approximate surface area is 127 Å². The third kappa shape index (κ3) is 2.40. The van der Waals surface area contributed by atoms with Crippen molar-refractivity contribution in [3.63, 3.8) is 0 Å². The Kier molecular flexibility index (Phi) is 3.43. The summed E-state index contributed by atoms with van der Waals surface area (Å²) in [5.41, 5.74) is 2.66. The third-order valence-electron chi connectivity index (χ3n) is 4.02. The van der Waals surface area contributed by atoms with Gasteiger partial charge in [-0.1, -0.05) is 30.7 Å². The number of halogens is 3. The van der Waals surface area contributed by atoms with Gasteiger partial charge in [-0.3, -0.25) is 0 Å². The summed E-state index contributed by atoms with van der Waals surface area (Å²) in [5, 5.41) is 0.588. The normalized spacial score (nSPS) is 21.6. The van der Waals surface area contributed by atoms with Gasteiger partial charge in [0.25, 0.3) is 0 Å². The van der Waals surface area contributed by atoms with Crippen LogP contribution in [-0.4, -0.2) is 9.97 Å². The zero-order chi connectivity index (χ0) is 14.3. The van der Waals surface area contributed by atoms with Gasteiger partial charge in [0, 0.05) is 5.56 Å². The fourth-order valence-electron chi connectivity index (χ4n) is 2.84. The van der Waals surface area contributed by atoms with E-state index < -0.39 is 0 Å². The van der Waals surface area contributed by atoms with Gasteiger partial charge >= 0.3 is 0 Å². The van der Waals surface area contributed by atoms with Crippen molar-refractivity contribution in [2.45, 2.75) is 31.6 Å². The molecule has 0 spiro atoms. The van der Waals surface area contributed by atoms with Gasteiger partial charge in [0.05, 0.1) is 5.69 Å². The molecule has 3 rings (SSSR count). The first kappa shape index (κ1) is 13.8. The van der Waals surface area contributed by atoms with Gasteiger partial charge < -0.3 is 0 Å². The molecule has 0 radical (unpaired) electrons. The molecule has 0 saturated carbocycles. The summed E-state index contributed by atoms with van der Waals surface area (Å²) in [6, 6.07) is 6.75. The second kappa shape index (κ2) is 4.97. The van der Waals surface area contributed by atoms with Crippen molar-refractivity contribution in [2.24, 2.45) is 0 Å².